The Morgan fingerprint density at radius 2 is 1.70 bits per heavy atom. The van der Waals surface area contributed by atoms with Crippen LogP contribution in [0.4, 0.5) is 0 Å². The van der Waals surface area contributed by atoms with Crippen molar-refractivity contribution in [3.05, 3.63) is 95.9 Å². The average molecular weight is 466 g/mol. The number of hydrogen-bond donors (Lipinski definition) is 0. The number of fused-ring (bicyclic) bond motifs is 1. The minimum atomic E-state index is -3.75. The van der Waals surface area contributed by atoms with Crippen LogP contribution in [0.2, 0.25) is 0 Å². The van der Waals surface area contributed by atoms with Crippen LogP contribution in [0.15, 0.2) is 83.5 Å². The Bertz CT molecular complexity index is 1380. The average Bonchev–Trinajstić information content (AvgIpc) is 3.30. The molecular weight excluding hydrogens is 442 g/mol. The van der Waals surface area contributed by atoms with E-state index in [-0.39, 0.29) is 30.5 Å². The van der Waals surface area contributed by atoms with Crippen molar-refractivity contribution in [3.8, 4) is 11.5 Å². The Hall–Kier alpha value is -3.78. The summed E-state index contributed by atoms with van der Waals surface area (Å²) in [5.74, 6) is 0.792. The maximum Gasteiger partial charge on any atom is 0.306 e. The molecule has 0 radical (unpaired) electrons. The fourth-order valence-electron chi connectivity index (χ4n) is 3.56. The predicted molar refractivity (Wildman–Crippen MR) is 125 cm³/mol. The molecule has 0 aliphatic carbocycles. The van der Waals surface area contributed by atoms with E-state index in [0.717, 1.165) is 17.0 Å². The van der Waals surface area contributed by atoms with Crippen molar-refractivity contribution in [3.63, 3.8) is 0 Å². The zero-order valence-corrected chi connectivity index (χ0v) is 19.0. The predicted octanol–water partition coefficient (Wildman–Crippen LogP) is 4.62. The SMILES string of the molecule is COc1ccc(CN(Cc2ccco2)C(=O)c2ccc3ccccc3c2)cc1OS(C)(=O)=O. The van der Waals surface area contributed by atoms with E-state index in [1.54, 1.807) is 47.6 Å². The molecule has 0 aliphatic heterocycles. The number of carbonyl (C=O) groups is 1. The molecule has 4 rings (SSSR count). The topological polar surface area (TPSA) is 86.0 Å². The van der Waals surface area contributed by atoms with Gasteiger partial charge in [0, 0.05) is 12.1 Å². The summed E-state index contributed by atoms with van der Waals surface area (Å²) in [5.41, 5.74) is 1.22. The van der Waals surface area contributed by atoms with E-state index in [1.165, 1.54) is 7.11 Å². The molecule has 170 valence electrons. The number of hydrogen-bond acceptors (Lipinski definition) is 6. The smallest absolute Gasteiger partial charge is 0.306 e. The molecule has 8 heteroatoms. The van der Waals surface area contributed by atoms with Gasteiger partial charge in [-0.25, -0.2) is 0 Å². The minimum Gasteiger partial charge on any atom is -0.493 e. The van der Waals surface area contributed by atoms with Crippen LogP contribution in [0.25, 0.3) is 10.8 Å². The standard InChI is InChI=1S/C25H23NO6S/c1-30-23-12-9-18(14-24(23)32-33(2,28)29)16-26(17-22-8-5-13-31-22)25(27)21-11-10-19-6-3-4-7-20(19)15-21/h3-15H,16-17H2,1-2H3. The third-order valence-corrected chi connectivity index (χ3v) is 5.54. The number of amides is 1. The summed E-state index contributed by atoms with van der Waals surface area (Å²) in [6.45, 7) is 0.448. The second-order valence-corrected chi connectivity index (χ2v) is 9.15. The van der Waals surface area contributed by atoms with Crippen molar-refractivity contribution in [2.45, 2.75) is 13.1 Å². The molecule has 1 amide bonds. The first kappa shape index (κ1) is 22.4. The first-order valence-electron chi connectivity index (χ1n) is 10.2. The molecule has 0 N–H and O–H groups in total. The van der Waals surface area contributed by atoms with E-state index in [2.05, 4.69) is 0 Å². The maximum absolute atomic E-state index is 13.5. The second kappa shape index (κ2) is 9.38. The Labute approximate surface area is 192 Å². The molecule has 7 nitrogen and oxygen atoms in total. The summed E-state index contributed by atoms with van der Waals surface area (Å²) in [6.07, 6.45) is 2.52. The first-order chi connectivity index (χ1) is 15.8. The molecule has 0 saturated heterocycles. The summed E-state index contributed by atoms with van der Waals surface area (Å²) >= 11 is 0. The zero-order chi connectivity index (χ0) is 23.4. The third-order valence-electron chi connectivity index (χ3n) is 5.05. The van der Waals surface area contributed by atoms with Crippen LogP contribution in [0.1, 0.15) is 21.7 Å². The van der Waals surface area contributed by atoms with Crippen LogP contribution in [0.5, 0.6) is 11.5 Å². The lowest BCUT2D eigenvalue weighted by atomic mass is 10.1. The number of benzene rings is 3. The first-order valence-corrected chi connectivity index (χ1v) is 12.0. The van der Waals surface area contributed by atoms with Crippen LogP contribution in [-0.4, -0.2) is 32.6 Å². The molecule has 4 aromatic rings. The van der Waals surface area contributed by atoms with Crippen LogP contribution in [0, 0.1) is 0 Å². The maximum atomic E-state index is 13.5. The van der Waals surface area contributed by atoms with E-state index < -0.39 is 10.1 Å². The fraction of sp³-hybridized carbons (Fsp3) is 0.160. The summed E-state index contributed by atoms with van der Waals surface area (Å²) in [6, 6.07) is 21.9. The van der Waals surface area contributed by atoms with Crippen molar-refractivity contribution in [2.24, 2.45) is 0 Å². The largest absolute Gasteiger partial charge is 0.493 e. The summed E-state index contributed by atoms with van der Waals surface area (Å²) in [5, 5.41) is 2.01. The summed E-state index contributed by atoms with van der Waals surface area (Å²) in [7, 11) is -2.32. The number of nitrogens with zero attached hydrogens (tertiary/aromatic N) is 1. The van der Waals surface area contributed by atoms with Crippen molar-refractivity contribution in [1.29, 1.82) is 0 Å². The highest BCUT2D eigenvalue weighted by molar-refractivity contribution is 7.86. The van der Waals surface area contributed by atoms with Gasteiger partial charge in [0.25, 0.3) is 5.91 Å². The van der Waals surface area contributed by atoms with Crippen LogP contribution < -0.4 is 8.92 Å². The number of rotatable bonds is 8. The molecule has 1 aromatic heterocycles. The molecular formula is C25H23NO6S. The van der Waals surface area contributed by atoms with Gasteiger partial charge in [-0.2, -0.15) is 8.42 Å². The Balaban J connectivity index is 1.67. The Morgan fingerprint density at radius 3 is 2.39 bits per heavy atom. The lowest BCUT2D eigenvalue weighted by Crippen LogP contribution is -2.30. The normalized spacial score (nSPS) is 11.3. The molecule has 0 bridgehead atoms. The van der Waals surface area contributed by atoms with Gasteiger partial charge in [-0.05, 0) is 52.7 Å². The highest BCUT2D eigenvalue weighted by atomic mass is 32.2. The summed E-state index contributed by atoms with van der Waals surface area (Å²) in [4.78, 5) is 15.1. The monoisotopic (exact) mass is 465 g/mol. The molecule has 0 aliphatic rings. The van der Waals surface area contributed by atoms with Gasteiger partial charge in [-0.15, -0.1) is 0 Å². The van der Waals surface area contributed by atoms with Crippen molar-refractivity contribution >= 4 is 26.8 Å². The Morgan fingerprint density at radius 1 is 0.909 bits per heavy atom. The molecule has 0 spiro atoms. The van der Waals surface area contributed by atoms with Crippen molar-refractivity contribution < 1.29 is 26.5 Å². The van der Waals surface area contributed by atoms with Gasteiger partial charge in [0.2, 0.25) is 0 Å². The van der Waals surface area contributed by atoms with E-state index in [1.807, 2.05) is 36.4 Å². The van der Waals surface area contributed by atoms with Gasteiger partial charge in [0.1, 0.15) is 5.76 Å². The molecule has 0 unspecified atom stereocenters. The van der Waals surface area contributed by atoms with E-state index >= 15 is 0 Å². The van der Waals surface area contributed by atoms with E-state index in [0.29, 0.717) is 16.9 Å². The molecule has 0 atom stereocenters. The number of carbonyl (C=O) groups excluding carboxylic acids is 1. The van der Waals surface area contributed by atoms with Gasteiger partial charge in [-0.3, -0.25) is 4.79 Å². The highest BCUT2D eigenvalue weighted by Gasteiger charge is 2.20. The van der Waals surface area contributed by atoms with Gasteiger partial charge in [0.15, 0.2) is 11.5 Å². The van der Waals surface area contributed by atoms with Gasteiger partial charge in [-0.1, -0.05) is 36.4 Å². The zero-order valence-electron chi connectivity index (χ0n) is 18.2. The fourth-order valence-corrected chi connectivity index (χ4v) is 4.02. The van der Waals surface area contributed by atoms with Gasteiger partial charge < -0.3 is 18.2 Å². The minimum absolute atomic E-state index is 0.0635. The molecule has 1 heterocycles. The van der Waals surface area contributed by atoms with Crippen LogP contribution in [0.3, 0.4) is 0 Å². The lowest BCUT2D eigenvalue weighted by Gasteiger charge is -2.23. The quantitative estimate of drug-likeness (QED) is 0.353. The van der Waals surface area contributed by atoms with E-state index in [9.17, 15) is 13.2 Å². The van der Waals surface area contributed by atoms with Crippen LogP contribution in [-0.2, 0) is 23.2 Å². The van der Waals surface area contributed by atoms with Gasteiger partial charge >= 0.3 is 10.1 Å². The third kappa shape index (κ3) is 5.53. The number of furan rings is 1. The highest BCUT2D eigenvalue weighted by Crippen LogP contribution is 2.30. The van der Waals surface area contributed by atoms with Crippen molar-refractivity contribution in [2.75, 3.05) is 13.4 Å². The molecule has 0 fully saturated rings. The second-order valence-electron chi connectivity index (χ2n) is 7.58. The van der Waals surface area contributed by atoms with Gasteiger partial charge in [0.05, 0.1) is 26.2 Å². The van der Waals surface area contributed by atoms with Crippen molar-refractivity contribution in [1.82, 2.24) is 4.90 Å². The lowest BCUT2D eigenvalue weighted by molar-refractivity contribution is 0.0717. The molecule has 0 saturated carbocycles. The Kier molecular flexibility index (Phi) is 6.37. The number of methoxy groups -OCH3 is 1. The van der Waals surface area contributed by atoms with E-state index in [4.69, 9.17) is 13.3 Å². The summed E-state index contributed by atoms with van der Waals surface area (Å²) < 4.78 is 39.1. The van der Waals surface area contributed by atoms with Crippen LogP contribution >= 0.6 is 0 Å². The molecule has 3 aromatic carbocycles. The molecule has 33 heavy (non-hydrogen) atoms. The number of ether oxygens (including phenoxy) is 1.